The summed E-state index contributed by atoms with van der Waals surface area (Å²) in [5.74, 6) is -1.64. The third-order valence-corrected chi connectivity index (χ3v) is 1.15. The molecule has 0 atom stereocenters. The van der Waals surface area contributed by atoms with Crippen molar-refractivity contribution in [1.29, 1.82) is 0 Å². The maximum absolute atomic E-state index is 10.7. The SMILES string of the molecule is Nc1nc(N)[n+]([O-])c(N)c1O. The van der Waals surface area contributed by atoms with Gasteiger partial charge in [0.2, 0.25) is 17.4 Å². The molecule has 1 heterocycles. The minimum atomic E-state index is -0.547. The summed E-state index contributed by atoms with van der Waals surface area (Å²) >= 11 is 0. The van der Waals surface area contributed by atoms with Crippen LogP contribution in [-0.4, -0.2) is 10.1 Å². The van der Waals surface area contributed by atoms with Crippen LogP contribution in [0.1, 0.15) is 0 Å². The van der Waals surface area contributed by atoms with Gasteiger partial charge in [0.25, 0.3) is 0 Å². The zero-order chi connectivity index (χ0) is 8.59. The van der Waals surface area contributed by atoms with Gasteiger partial charge in [-0.05, 0) is 0 Å². The molecule has 7 N–H and O–H groups in total. The number of aromatic hydroxyl groups is 1. The average molecular weight is 157 g/mol. The zero-order valence-electron chi connectivity index (χ0n) is 5.48. The van der Waals surface area contributed by atoms with Crippen LogP contribution in [0.3, 0.4) is 0 Å². The highest BCUT2D eigenvalue weighted by atomic mass is 16.5. The normalized spacial score (nSPS) is 9.82. The smallest absolute Gasteiger partial charge is 0.346 e. The van der Waals surface area contributed by atoms with E-state index >= 15 is 0 Å². The molecule has 0 aromatic carbocycles. The average Bonchev–Trinajstić information content (AvgIpc) is 1.97. The molecule has 7 heteroatoms. The van der Waals surface area contributed by atoms with Crippen molar-refractivity contribution >= 4 is 17.6 Å². The van der Waals surface area contributed by atoms with E-state index in [1.165, 1.54) is 0 Å². The second-order valence-corrected chi connectivity index (χ2v) is 1.88. The van der Waals surface area contributed by atoms with E-state index in [0.717, 1.165) is 0 Å². The van der Waals surface area contributed by atoms with Crippen molar-refractivity contribution in [3.8, 4) is 5.75 Å². The number of nitrogens with zero attached hydrogens (tertiary/aromatic N) is 2. The molecule has 1 aromatic heterocycles. The van der Waals surface area contributed by atoms with Crippen LogP contribution in [0.25, 0.3) is 0 Å². The van der Waals surface area contributed by atoms with Gasteiger partial charge in [-0.2, -0.15) is 0 Å². The van der Waals surface area contributed by atoms with E-state index < -0.39 is 17.5 Å². The third kappa shape index (κ3) is 0.914. The summed E-state index contributed by atoms with van der Waals surface area (Å²) < 4.78 is 0.0890. The molecule has 60 valence electrons. The van der Waals surface area contributed by atoms with E-state index in [2.05, 4.69) is 4.98 Å². The molecular formula is C4H7N5O2. The molecule has 0 radical (unpaired) electrons. The summed E-state index contributed by atoms with van der Waals surface area (Å²) in [4.78, 5) is 3.31. The summed E-state index contributed by atoms with van der Waals surface area (Å²) in [6.45, 7) is 0. The monoisotopic (exact) mass is 157 g/mol. The highest BCUT2D eigenvalue weighted by Crippen LogP contribution is 2.21. The Kier molecular flexibility index (Phi) is 1.34. The molecule has 0 bridgehead atoms. The van der Waals surface area contributed by atoms with Gasteiger partial charge >= 0.3 is 5.95 Å². The van der Waals surface area contributed by atoms with Gasteiger partial charge in [-0.3, -0.25) is 0 Å². The van der Waals surface area contributed by atoms with Crippen LogP contribution >= 0.6 is 0 Å². The lowest BCUT2D eigenvalue weighted by Crippen LogP contribution is -2.35. The van der Waals surface area contributed by atoms with Crippen molar-refractivity contribution in [2.45, 2.75) is 0 Å². The molecule has 0 amide bonds. The van der Waals surface area contributed by atoms with Crippen molar-refractivity contribution < 1.29 is 9.84 Å². The molecule has 0 saturated heterocycles. The number of nitrogen functional groups attached to an aromatic ring is 3. The number of hydrogen-bond acceptors (Lipinski definition) is 6. The number of hydrogen-bond donors (Lipinski definition) is 4. The van der Waals surface area contributed by atoms with Crippen LogP contribution < -0.4 is 21.9 Å². The number of nitrogens with two attached hydrogens (primary N) is 3. The van der Waals surface area contributed by atoms with Gasteiger partial charge in [-0.25, -0.2) is 4.73 Å². The van der Waals surface area contributed by atoms with Crippen LogP contribution in [0.2, 0.25) is 0 Å². The largest absolute Gasteiger partial charge is 0.754 e. The predicted octanol–water partition coefficient (Wildman–Crippen LogP) is -1.83. The second-order valence-electron chi connectivity index (χ2n) is 1.88. The van der Waals surface area contributed by atoms with E-state index in [9.17, 15) is 5.21 Å². The number of rotatable bonds is 0. The topological polar surface area (TPSA) is 138 Å². The van der Waals surface area contributed by atoms with Crippen LogP contribution in [-0.2, 0) is 0 Å². The lowest BCUT2D eigenvalue weighted by molar-refractivity contribution is -0.577. The van der Waals surface area contributed by atoms with Crippen LogP contribution in [0.5, 0.6) is 5.75 Å². The van der Waals surface area contributed by atoms with Crippen molar-refractivity contribution in [3.05, 3.63) is 5.21 Å². The maximum atomic E-state index is 10.7. The van der Waals surface area contributed by atoms with E-state index in [0.29, 0.717) is 0 Å². The summed E-state index contributed by atoms with van der Waals surface area (Å²) in [5, 5.41) is 19.7. The van der Waals surface area contributed by atoms with Gasteiger partial charge < -0.3 is 27.5 Å². The first-order valence-corrected chi connectivity index (χ1v) is 2.67. The Hall–Kier alpha value is -1.92. The van der Waals surface area contributed by atoms with Gasteiger partial charge in [0.05, 0.1) is 0 Å². The Labute approximate surface area is 61.6 Å². The molecule has 1 rings (SSSR count). The molecular weight excluding hydrogens is 150 g/mol. The van der Waals surface area contributed by atoms with Gasteiger partial charge in [0.15, 0.2) is 0 Å². The van der Waals surface area contributed by atoms with E-state index in [4.69, 9.17) is 22.3 Å². The molecule has 0 saturated carbocycles. The van der Waals surface area contributed by atoms with E-state index in [-0.39, 0.29) is 10.5 Å². The Bertz CT molecular complexity index is 273. The van der Waals surface area contributed by atoms with Crippen molar-refractivity contribution in [2.75, 3.05) is 17.2 Å². The Morgan fingerprint density at radius 3 is 2.45 bits per heavy atom. The van der Waals surface area contributed by atoms with E-state index in [1.807, 2.05) is 0 Å². The van der Waals surface area contributed by atoms with Crippen LogP contribution in [0, 0.1) is 5.21 Å². The predicted molar refractivity (Wildman–Crippen MR) is 38.1 cm³/mol. The van der Waals surface area contributed by atoms with Gasteiger partial charge in [0.1, 0.15) is 0 Å². The van der Waals surface area contributed by atoms with Crippen molar-refractivity contribution in [1.82, 2.24) is 4.98 Å². The molecule has 0 aliphatic heterocycles. The molecule has 7 nitrogen and oxygen atoms in total. The first kappa shape index (κ1) is 7.19. The number of anilines is 3. The molecule has 0 spiro atoms. The minimum absolute atomic E-state index is 0.0890. The third-order valence-electron chi connectivity index (χ3n) is 1.15. The fraction of sp³-hybridized carbons (Fsp3) is 0. The van der Waals surface area contributed by atoms with Gasteiger partial charge in [-0.15, -0.1) is 0 Å². The Balaban J connectivity index is 3.46. The first-order valence-electron chi connectivity index (χ1n) is 2.67. The Morgan fingerprint density at radius 2 is 1.91 bits per heavy atom. The lowest BCUT2D eigenvalue weighted by atomic mass is 10.5. The minimum Gasteiger partial charge on any atom is -0.754 e. The summed E-state index contributed by atoms with van der Waals surface area (Å²) in [6.07, 6.45) is 0. The zero-order valence-corrected chi connectivity index (χ0v) is 5.48. The van der Waals surface area contributed by atoms with Gasteiger partial charge in [-0.1, -0.05) is 4.98 Å². The van der Waals surface area contributed by atoms with Crippen LogP contribution in [0.15, 0.2) is 0 Å². The lowest BCUT2D eigenvalue weighted by Gasteiger charge is -2.09. The second kappa shape index (κ2) is 2.04. The maximum Gasteiger partial charge on any atom is 0.346 e. The molecule has 0 fully saturated rings. The molecule has 1 aromatic rings. The highest BCUT2D eigenvalue weighted by molar-refractivity contribution is 5.56. The number of aromatic nitrogens is 2. The first-order chi connectivity index (χ1) is 5.04. The molecule has 11 heavy (non-hydrogen) atoms. The quantitative estimate of drug-likeness (QED) is 0.258. The van der Waals surface area contributed by atoms with Gasteiger partial charge in [0, 0.05) is 0 Å². The fourth-order valence-corrected chi connectivity index (χ4v) is 0.573. The summed E-state index contributed by atoms with van der Waals surface area (Å²) in [5.41, 5.74) is 15.3. The van der Waals surface area contributed by atoms with Crippen molar-refractivity contribution in [3.63, 3.8) is 0 Å². The fourth-order valence-electron chi connectivity index (χ4n) is 0.573. The molecule has 0 unspecified atom stereocenters. The van der Waals surface area contributed by atoms with E-state index in [1.54, 1.807) is 0 Å². The van der Waals surface area contributed by atoms with Crippen LogP contribution in [0.4, 0.5) is 17.6 Å². The molecule has 0 aliphatic rings. The standard InChI is InChI=1S/C4H7N5O2/c5-2-1(10)3(6)9(11)4(7)8-2/h10H,6H2,(H4,5,7,8). The summed E-state index contributed by atoms with van der Waals surface area (Å²) in [6, 6.07) is 0. The summed E-state index contributed by atoms with van der Waals surface area (Å²) in [7, 11) is 0. The van der Waals surface area contributed by atoms with Crippen molar-refractivity contribution in [2.24, 2.45) is 0 Å². The highest BCUT2D eigenvalue weighted by Gasteiger charge is 2.13. The molecule has 0 aliphatic carbocycles. The Morgan fingerprint density at radius 1 is 1.36 bits per heavy atom.